The van der Waals surface area contributed by atoms with E-state index in [0.29, 0.717) is 11.0 Å². The number of carbonyl (C=O) groups is 2. The van der Waals surface area contributed by atoms with Gasteiger partial charge in [-0.05, 0) is 24.3 Å². The molecular weight excluding hydrogens is 396 g/mol. The highest BCUT2D eigenvalue weighted by molar-refractivity contribution is 6.01. The monoisotopic (exact) mass is 412 g/mol. The molecule has 0 aliphatic heterocycles. The molecule has 3 aromatic rings. The van der Waals surface area contributed by atoms with Gasteiger partial charge >= 0.3 is 11.1 Å². The lowest BCUT2D eigenvalue weighted by Gasteiger charge is -2.09. The number of carbonyl (C=O) groups excluding carboxylic acids is 2. The normalized spacial score (nSPS) is 10.5. The summed E-state index contributed by atoms with van der Waals surface area (Å²) in [7, 11) is 0. The van der Waals surface area contributed by atoms with Crippen molar-refractivity contribution in [1.29, 1.82) is 0 Å². The van der Waals surface area contributed by atoms with Crippen molar-refractivity contribution in [3.05, 3.63) is 78.3 Å². The molecule has 30 heavy (non-hydrogen) atoms. The number of H-pyrrole nitrogens is 2. The first-order valence-corrected chi connectivity index (χ1v) is 8.63. The topological polar surface area (TPSA) is 193 Å². The number of nitrogens with zero attached hydrogens (tertiary/aromatic N) is 1. The third kappa shape index (κ3) is 4.16. The van der Waals surface area contributed by atoms with Crippen molar-refractivity contribution in [3.8, 4) is 0 Å². The van der Waals surface area contributed by atoms with Crippen LogP contribution in [0.25, 0.3) is 11.0 Å². The van der Waals surface area contributed by atoms with Crippen LogP contribution in [0, 0.1) is 10.1 Å². The van der Waals surface area contributed by atoms with E-state index in [4.69, 9.17) is 5.73 Å². The van der Waals surface area contributed by atoms with Crippen molar-refractivity contribution in [2.75, 3.05) is 18.8 Å². The summed E-state index contributed by atoms with van der Waals surface area (Å²) in [6.45, 7) is 0.115. The van der Waals surface area contributed by atoms with E-state index < -0.39 is 27.9 Å². The van der Waals surface area contributed by atoms with E-state index in [1.807, 2.05) is 0 Å². The van der Waals surface area contributed by atoms with Crippen LogP contribution in [-0.4, -0.2) is 39.8 Å². The minimum atomic E-state index is -0.830. The number of amides is 2. The van der Waals surface area contributed by atoms with Crippen molar-refractivity contribution >= 4 is 34.2 Å². The molecule has 0 saturated heterocycles. The highest BCUT2D eigenvalue weighted by Crippen LogP contribution is 2.24. The Morgan fingerprint density at radius 1 is 0.967 bits per heavy atom. The van der Waals surface area contributed by atoms with Crippen LogP contribution in [0.15, 0.2) is 46.0 Å². The van der Waals surface area contributed by atoms with E-state index in [1.165, 1.54) is 36.4 Å². The molecule has 1 heterocycles. The van der Waals surface area contributed by atoms with Gasteiger partial charge < -0.3 is 26.3 Å². The zero-order chi connectivity index (χ0) is 21.8. The van der Waals surface area contributed by atoms with E-state index in [1.54, 1.807) is 0 Å². The Balaban J connectivity index is 1.59. The number of nitro benzene ring substituents is 1. The number of nitrogens with two attached hydrogens (primary N) is 1. The molecule has 2 amide bonds. The molecular formula is C18H16N6O6. The number of para-hydroxylation sites is 1. The van der Waals surface area contributed by atoms with Gasteiger partial charge in [-0.3, -0.25) is 29.3 Å². The second kappa shape index (κ2) is 8.26. The Hall–Kier alpha value is -4.48. The van der Waals surface area contributed by atoms with Crippen molar-refractivity contribution < 1.29 is 14.5 Å². The maximum atomic E-state index is 12.2. The fourth-order valence-electron chi connectivity index (χ4n) is 2.72. The molecule has 12 heteroatoms. The lowest BCUT2D eigenvalue weighted by Crippen LogP contribution is -2.35. The minimum absolute atomic E-state index is 0.0389. The first-order chi connectivity index (χ1) is 14.3. The molecule has 0 atom stereocenters. The molecule has 6 N–H and O–H groups in total. The molecule has 0 aliphatic rings. The minimum Gasteiger partial charge on any atom is -0.393 e. The van der Waals surface area contributed by atoms with Crippen LogP contribution in [0.2, 0.25) is 0 Å². The summed E-state index contributed by atoms with van der Waals surface area (Å²) < 4.78 is 0. The molecule has 0 aliphatic carbocycles. The number of anilines is 1. The number of benzene rings is 2. The third-order valence-electron chi connectivity index (χ3n) is 4.20. The SMILES string of the molecule is Nc1c(C(=O)NCCNC(=O)c2ccc3[nH]c(=O)c(=O)[nH]c3c2)cccc1[N+](=O)[O-]. The second-order valence-corrected chi connectivity index (χ2v) is 6.18. The lowest BCUT2D eigenvalue weighted by molar-refractivity contribution is -0.383. The summed E-state index contributed by atoms with van der Waals surface area (Å²) >= 11 is 0. The number of aromatic nitrogens is 2. The van der Waals surface area contributed by atoms with Gasteiger partial charge in [-0.2, -0.15) is 0 Å². The number of hydrogen-bond acceptors (Lipinski definition) is 7. The molecule has 0 saturated carbocycles. The summed E-state index contributed by atoms with van der Waals surface area (Å²) in [5, 5.41) is 16.0. The molecule has 0 spiro atoms. The van der Waals surface area contributed by atoms with Crippen molar-refractivity contribution in [3.63, 3.8) is 0 Å². The standard InChI is InChI=1S/C18H16N6O6/c19-14-10(2-1-3-13(14)24(29)30)16(26)21-7-6-20-15(25)9-4-5-11-12(8-9)23-18(28)17(27)22-11/h1-5,8H,6-7,19H2,(H,20,25)(H,21,26)(H,22,27)(H,23,28). The van der Waals surface area contributed by atoms with Crippen LogP contribution >= 0.6 is 0 Å². The molecule has 0 radical (unpaired) electrons. The summed E-state index contributed by atoms with van der Waals surface area (Å²) in [4.78, 5) is 62.1. The van der Waals surface area contributed by atoms with Gasteiger partial charge in [-0.15, -0.1) is 0 Å². The zero-order valence-corrected chi connectivity index (χ0v) is 15.4. The van der Waals surface area contributed by atoms with Gasteiger partial charge in [0.2, 0.25) is 0 Å². The van der Waals surface area contributed by atoms with Crippen molar-refractivity contribution in [2.45, 2.75) is 0 Å². The number of nitrogen functional groups attached to an aromatic ring is 1. The van der Waals surface area contributed by atoms with E-state index in [9.17, 15) is 29.3 Å². The highest BCUT2D eigenvalue weighted by atomic mass is 16.6. The molecule has 3 rings (SSSR count). The molecule has 0 unspecified atom stereocenters. The average Bonchev–Trinajstić information content (AvgIpc) is 2.71. The van der Waals surface area contributed by atoms with Crippen LogP contribution in [-0.2, 0) is 0 Å². The van der Waals surface area contributed by atoms with E-state index >= 15 is 0 Å². The van der Waals surface area contributed by atoms with Gasteiger partial charge in [0.25, 0.3) is 17.5 Å². The molecule has 154 valence electrons. The third-order valence-corrected chi connectivity index (χ3v) is 4.20. The number of hydrogen-bond donors (Lipinski definition) is 5. The molecule has 2 aromatic carbocycles. The van der Waals surface area contributed by atoms with Gasteiger partial charge in [0, 0.05) is 24.7 Å². The smallest absolute Gasteiger partial charge is 0.314 e. The van der Waals surface area contributed by atoms with Crippen LogP contribution in [0.4, 0.5) is 11.4 Å². The van der Waals surface area contributed by atoms with E-state index in [2.05, 4.69) is 20.6 Å². The van der Waals surface area contributed by atoms with E-state index in [0.717, 1.165) is 0 Å². The molecule has 1 aromatic heterocycles. The first-order valence-electron chi connectivity index (χ1n) is 8.63. The number of nitrogens with one attached hydrogen (secondary N) is 4. The van der Waals surface area contributed by atoms with Crippen LogP contribution in [0.3, 0.4) is 0 Å². The van der Waals surface area contributed by atoms with Crippen LogP contribution in [0.5, 0.6) is 0 Å². The van der Waals surface area contributed by atoms with Crippen LogP contribution < -0.4 is 27.5 Å². The average molecular weight is 412 g/mol. The highest BCUT2D eigenvalue weighted by Gasteiger charge is 2.18. The Kier molecular flexibility index (Phi) is 5.58. The predicted octanol–water partition coefficient (Wildman–Crippen LogP) is -0.133. The maximum Gasteiger partial charge on any atom is 0.314 e. The molecule has 12 nitrogen and oxygen atoms in total. The predicted molar refractivity (Wildman–Crippen MR) is 107 cm³/mol. The lowest BCUT2D eigenvalue weighted by atomic mass is 10.1. The maximum absolute atomic E-state index is 12.2. The Morgan fingerprint density at radius 2 is 1.60 bits per heavy atom. The molecule has 0 fully saturated rings. The number of aromatic amines is 2. The fraction of sp³-hybridized carbons (Fsp3) is 0.111. The first kappa shape index (κ1) is 20.3. The fourth-order valence-corrected chi connectivity index (χ4v) is 2.72. The van der Waals surface area contributed by atoms with Gasteiger partial charge in [0.1, 0.15) is 5.69 Å². The largest absolute Gasteiger partial charge is 0.393 e. The van der Waals surface area contributed by atoms with Crippen molar-refractivity contribution in [2.24, 2.45) is 0 Å². The van der Waals surface area contributed by atoms with Gasteiger partial charge in [0.05, 0.1) is 21.5 Å². The Bertz CT molecular complexity index is 1280. The Morgan fingerprint density at radius 3 is 2.27 bits per heavy atom. The number of nitro groups is 1. The van der Waals surface area contributed by atoms with Crippen molar-refractivity contribution in [1.82, 2.24) is 20.6 Å². The summed E-state index contributed by atoms with van der Waals surface area (Å²) in [6, 6.07) is 8.25. The van der Waals surface area contributed by atoms with Gasteiger partial charge in [-0.1, -0.05) is 6.07 Å². The molecule has 0 bridgehead atoms. The van der Waals surface area contributed by atoms with Gasteiger partial charge in [-0.25, -0.2) is 0 Å². The Labute approximate surface area is 167 Å². The zero-order valence-electron chi connectivity index (χ0n) is 15.4. The second-order valence-electron chi connectivity index (χ2n) is 6.18. The summed E-state index contributed by atoms with van der Waals surface area (Å²) in [6.07, 6.45) is 0. The van der Waals surface area contributed by atoms with Gasteiger partial charge in [0.15, 0.2) is 0 Å². The summed E-state index contributed by atoms with van der Waals surface area (Å²) in [5.41, 5.74) is 4.29. The number of rotatable bonds is 6. The number of fused-ring (bicyclic) bond motifs is 1. The quantitative estimate of drug-likeness (QED) is 0.122. The van der Waals surface area contributed by atoms with E-state index in [-0.39, 0.29) is 35.6 Å². The summed E-state index contributed by atoms with van der Waals surface area (Å²) in [5.74, 6) is -1.08. The van der Waals surface area contributed by atoms with Crippen LogP contribution in [0.1, 0.15) is 20.7 Å².